The first-order valence-electron chi connectivity index (χ1n) is 11.4. The van der Waals surface area contributed by atoms with E-state index in [9.17, 15) is 4.57 Å². The smallest absolute Gasteiger partial charge is 0.370 e. The molecule has 4 nitrogen and oxygen atoms in total. The largest absolute Gasteiger partial charge is 0.489 e. The average Bonchev–Trinajstić information content (AvgIpc) is 2.76. The molecule has 0 aliphatic carbocycles. The Balaban J connectivity index is 1.73. The topological polar surface area (TPSA) is 44.8 Å². The van der Waals surface area contributed by atoms with Crippen LogP contribution in [0, 0.1) is 0 Å². The normalized spacial score (nSPS) is 13.5. The van der Waals surface area contributed by atoms with Gasteiger partial charge in [0, 0.05) is 5.56 Å². The summed E-state index contributed by atoms with van der Waals surface area (Å²) in [6.45, 7) is 10.7. The maximum Gasteiger partial charge on any atom is 0.370 e. The molecule has 0 saturated carbocycles. The molecule has 1 atom stereocenters. The second-order valence-electron chi connectivity index (χ2n) is 10.2. The van der Waals surface area contributed by atoms with E-state index >= 15 is 4.39 Å². The standard InChI is InChI=1S/C28H34FO4P/c1-27(2,3)32-34(30,33-28(4,5)6)26(29)24-13-10-14-25(19-24)31-20-21-15-17-23(18-16-21)22-11-8-7-9-12-22/h7-19,26H,20H2,1-6H3. The summed E-state index contributed by atoms with van der Waals surface area (Å²) in [5.74, 6) is -1.47. The lowest BCUT2D eigenvalue weighted by atomic mass is 10.0. The molecule has 0 spiro atoms. The first-order chi connectivity index (χ1) is 15.8. The number of hydrogen-bond donors (Lipinski definition) is 0. The predicted octanol–water partition coefficient (Wildman–Crippen LogP) is 8.72. The van der Waals surface area contributed by atoms with Crippen LogP contribution in [0.3, 0.4) is 0 Å². The minimum absolute atomic E-state index is 0.189. The second-order valence-corrected chi connectivity index (χ2v) is 12.1. The molecular formula is C28H34FO4P. The molecule has 0 fully saturated rings. The molecule has 3 rings (SSSR count). The van der Waals surface area contributed by atoms with E-state index in [0.717, 1.165) is 16.7 Å². The lowest BCUT2D eigenvalue weighted by molar-refractivity contribution is 0.0372. The van der Waals surface area contributed by atoms with Gasteiger partial charge in [0.2, 0.25) is 5.91 Å². The van der Waals surface area contributed by atoms with Crippen LogP contribution in [0.15, 0.2) is 78.9 Å². The Morgan fingerprint density at radius 1 is 0.765 bits per heavy atom. The highest BCUT2D eigenvalue weighted by Gasteiger charge is 2.44. The zero-order valence-corrected chi connectivity index (χ0v) is 21.6. The van der Waals surface area contributed by atoms with E-state index in [2.05, 4.69) is 12.1 Å². The number of alkyl halides is 1. The van der Waals surface area contributed by atoms with Crippen LogP contribution in [0.2, 0.25) is 0 Å². The van der Waals surface area contributed by atoms with E-state index in [1.54, 1.807) is 65.8 Å². The molecule has 0 heterocycles. The molecule has 0 aromatic heterocycles. The number of halogens is 1. The van der Waals surface area contributed by atoms with Crippen molar-refractivity contribution in [3.05, 3.63) is 90.0 Å². The van der Waals surface area contributed by atoms with Gasteiger partial charge in [-0.3, -0.25) is 4.57 Å². The highest BCUT2D eigenvalue weighted by molar-refractivity contribution is 7.54. The molecule has 0 radical (unpaired) electrons. The number of hydrogen-bond acceptors (Lipinski definition) is 4. The summed E-state index contributed by atoms with van der Waals surface area (Å²) in [6.07, 6.45) is 0. The van der Waals surface area contributed by atoms with Crippen molar-refractivity contribution in [3.8, 4) is 16.9 Å². The van der Waals surface area contributed by atoms with Gasteiger partial charge in [-0.25, -0.2) is 4.39 Å². The van der Waals surface area contributed by atoms with Gasteiger partial charge in [-0.2, -0.15) is 0 Å². The highest BCUT2D eigenvalue weighted by Crippen LogP contribution is 2.65. The minimum atomic E-state index is -4.13. The summed E-state index contributed by atoms with van der Waals surface area (Å²) < 4.78 is 46.4. The van der Waals surface area contributed by atoms with Crippen LogP contribution in [-0.2, 0) is 20.2 Å². The third-order valence-corrected chi connectivity index (χ3v) is 7.14. The minimum Gasteiger partial charge on any atom is -0.489 e. The number of rotatable bonds is 8. The van der Waals surface area contributed by atoms with Crippen molar-refractivity contribution in [1.82, 2.24) is 0 Å². The van der Waals surface area contributed by atoms with Crippen LogP contribution in [0.5, 0.6) is 5.75 Å². The zero-order chi connectivity index (χ0) is 25.0. The molecule has 0 saturated heterocycles. The van der Waals surface area contributed by atoms with Crippen LogP contribution in [0.1, 0.15) is 58.6 Å². The van der Waals surface area contributed by atoms with Gasteiger partial charge in [0.15, 0.2) is 0 Å². The fraction of sp³-hybridized carbons (Fsp3) is 0.357. The fourth-order valence-electron chi connectivity index (χ4n) is 3.40. The SMILES string of the molecule is CC(C)(C)OP(=O)(OC(C)(C)C)C(F)c1cccc(OCc2ccc(-c3ccccc3)cc2)c1. The van der Waals surface area contributed by atoms with Crippen molar-refractivity contribution in [2.24, 2.45) is 0 Å². The molecule has 6 heteroatoms. The molecule has 0 aliphatic rings. The molecule has 0 N–H and O–H groups in total. The van der Waals surface area contributed by atoms with Gasteiger partial charge < -0.3 is 13.8 Å². The second kappa shape index (κ2) is 10.4. The number of ether oxygens (including phenoxy) is 1. The maximum atomic E-state index is 15.6. The van der Waals surface area contributed by atoms with Gasteiger partial charge in [0.25, 0.3) is 0 Å². The predicted molar refractivity (Wildman–Crippen MR) is 136 cm³/mol. The van der Waals surface area contributed by atoms with Crippen LogP contribution >= 0.6 is 7.60 Å². The van der Waals surface area contributed by atoms with Gasteiger partial charge in [0.05, 0.1) is 11.2 Å². The van der Waals surface area contributed by atoms with E-state index in [-0.39, 0.29) is 5.56 Å². The van der Waals surface area contributed by atoms with Gasteiger partial charge >= 0.3 is 7.60 Å². The van der Waals surface area contributed by atoms with E-state index in [4.69, 9.17) is 13.8 Å². The lowest BCUT2D eigenvalue weighted by Gasteiger charge is -2.33. The highest BCUT2D eigenvalue weighted by atomic mass is 31.2. The van der Waals surface area contributed by atoms with Crippen LogP contribution in [0.25, 0.3) is 11.1 Å². The summed E-state index contributed by atoms with van der Waals surface area (Å²) in [5, 5.41) is 0. The first-order valence-corrected chi connectivity index (χ1v) is 13.0. The molecule has 0 amide bonds. The average molecular weight is 485 g/mol. The molecular weight excluding hydrogens is 450 g/mol. The zero-order valence-electron chi connectivity index (χ0n) is 20.7. The van der Waals surface area contributed by atoms with Gasteiger partial charge in [-0.1, -0.05) is 66.7 Å². The van der Waals surface area contributed by atoms with E-state index < -0.39 is 24.7 Å². The summed E-state index contributed by atoms with van der Waals surface area (Å²) >= 11 is 0. The Labute approximate surface area is 202 Å². The Hall–Kier alpha value is -2.46. The Kier molecular flexibility index (Phi) is 8.02. The monoisotopic (exact) mass is 484 g/mol. The van der Waals surface area contributed by atoms with Gasteiger partial charge in [-0.05, 0) is 70.4 Å². The van der Waals surface area contributed by atoms with Crippen molar-refractivity contribution >= 4 is 7.60 Å². The van der Waals surface area contributed by atoms with Crippen molar-refractivity contribution < 1.29 is 22.7 Å². The first kappa shape index (κ1) is 26.2. The molecule has 3 aromatic rings. The number of benzene rings is 3. The molecule has 3 aromatic carbocycles. The molecule has 182 valence electrons. The lowest BCUT2D eigenvalue weighted by Crippen LogP contribution is -2.25. The molecule has 0 aliphatic heterocycles. The van der Waals surface area contributed by atoms with Gasteiger partial charge in [-0.15, -0.1) is 0 Å². The van der Waals surface area contributed by atoms with Crippen LogP contribution < -0.4 is 4.74 Å². The summed E-state index contributed by atoms with van der Waals surface area (Å²) in [7, 11) is -4.13. The fourth-order valence-corrected chi connectivity index (χ4v) is 5.68. The molecule has 0 bridgehead atoms. The summed E-state index contributed by atoms with van der Waals surface area (Å²) in [5.41, 5.74) is 1.76. The third kappa shape index (κ3) is 7.53. The summed E-state index contributed by atoms with van der Waals surface area (Å²) in [4.78, 5) is 0. The van der Waals surface area contributed by atoms with Gasteiger partial charge in [0.1, 0.15) is 12.4 Å². The quantitative estimate of drug-likeness (QED) is 0.300. The Bertz CT molecular complexity index is 1100. The Morgan fingerprint density at radius 2 is 1.32 bits per heavy atom. The van der Waals surface area contributed by atoms with Crippen molar-refractivity contribution in [1.29, 1.82) is 0 Å². The van der Waals surface area contributed by atoms with E-state index in [1.165, 1.54) is 0 Å². The molecule has 34 heavy (non-hydrogen) atoms. The van der Waals surface area contributed by atoms with Crippen LogP contribution in [0.4, 0.5) is 4.39 Å². The van der Waals surface area contributed by atoms with Crippen molar-refractivity contribution in [2.45, 2.75) is 65.3 Å². The van der Waals surface area contributed by atoms with Crippen LogP contribution in [-0.4, -0.2) is 11.2 Å². The molecule has 1 unspecified atom stereocenters. The van der Waals surface area contributed by atoms with Crippen molar-refractivity contribution in [3.63, 3.8) is 0 Å². The third-order valence-electron chi connectivity index (χ3n) is 4.68. The Morgan fingerprint density at radius 3 is 1.88 bits per heavy atom. The van der Waals surface area contributed by atoms with E-state index in [1.807, 2.05) is 42.5 Å². The maximum absolute atomic E-state index is 15.6. The summed E-state index contributed by atoms with van der Waals surface area (Å²) in [6, 6.07) is 24.8. The van der Waals surface area contributed by atoms with E-state index in [0.29, 0.717) is 12.4 Å². The van der Waals surface area contributed by atoms with Crippen molar-refractivity contribution in [2.75, 3.05) is 0 Å².